The van der Waals surface area contributed by atoms with Gasteiger partial charge >= 0.3 is 0 Å². The molecule has 0 aliphatic carbocycles. The highest BCUT2D eigenvalue weighted by Gasteiger charge is 2.28. The monoisotopic (exact) mass is 427 g/mol. The number of rotatable bonds is 4. The van der Waals surface area contributed by atoms with Crippen molar-refractivity contribution in [1.82, 2.24) is 14.8 Å². The highest BCUT2D eigenvalue weighted by Crippen LogP contribution is 2.24. The summed E-state index contributed by atoms with van der Waals surface area (Å²) in [5.41, 5.74) is 1.07. The van der Waals surface area contributed by atoms with Crippen LogP contribution in [0.1, 0.15) is 26.5 Å². The van der Waals surface area contributed by atoms with Crippen molar-refractivity contribution in [2.75, 3.05) is 13.1 Å². The molecule has 1 fully saturated rings. The van der Waals surface area contributed by atoms with Gasteiger partial charge in [-0.1, -0.05) is 17.7 Å². The number of nitrogens with one attached hydrogen (secondary N) is 1. The van der Waals surface area contributed by atoms with Crippen molar-refractivity contribution in [3.8, 4) is 5.69 Å². The highest BCUT2D eigenvalue weighted by atomic mass is 35.5. The zero-order valence-electron chi connectivity index (χ0n) is 15.4. The van der Waals surface area contributed by atoms with Crippen LogP contribution >= 0.6 is 22.9 Å². The van der Waals surface area contributed by atoms with E-state index >= 15 is 0 Å². The Hall–Kier alpha value is -2.90. The van der Waals surface area contributed by atoms with E-state index in [9.17, 15) is 14.4 Å². The van der Waals surface area contributed by atoms with Crippen molar-refractivity contribution in [2.24, 2.45) is 0 Å². The molecule has 1 N–H and O–H groups in total. The average molecular weight is 428 g/mol. The largest absolute Gasteiger partial charge is 0.347 e. The maximum Gasteiger partial charge on any atom is 0.264 e. The number of thiophene rings is 1. The first-order chi connectivity index (χ1) is 14.0. The second-order valence-corrected chi connectivity index (χ2v) is 8.48. The number of pyridine rings is 1. The number of hydrogen-bond acceptors (Lipinski definition) is 4. The van der Waals surface area contributed by atoms with E-state index in [1.807, 2.05) is 0 Å². The number of hydrogen-bond donors (Lipinski definition) is 1. The molecule has 148 valence electrons. The average Bonchev–Trinajstić information content (AvgIpc) is 3.37. The standard InChI is InChI=1S/C21H18ClN3O3S/c22-18-9-8-17(29-18)21(28)24-12-10-15(13-24)23-20(27)14-4-6-16(7-5-14)25-11-2-1-3-19(25)26/h1-9,11,15H,10,12-13H2,(H,23,27). The van der Waals surface area contributed by atoms with Crippen molar-refractivity contribution < 1.29 is 9.59 Å². The van der Waals surface area contributed by atoms with Crippen LogP contribution in [0.5, 0.6) is 0 Å². The van der Waals surface area contributed by atoms with E-state index in [1.54, 1.807) is 59.6 Å². The van der Waals surface area contributed by atoms with E-state index in [-0.39, 0.29) is 23.4 Å². The third-order valence-electron chi connectivity index (χ3n) is 4.82. The van der Waals surface area contributed by atoms with Gasteiger partial charge in [0.15, 0.2) is 0 Å². The molecule has 1 saturated heterocycles. The van der Waals surface area contributed by atoms with E-state index in [4.69, 9.17) is 11.6 Å². The SMILES string of the molecule is O=C(NC1CCN(C(=O)c2ccc(Cl)s2)C1)c1ccc(-n2ccccc2=O)cc1. The lowest BCUT2D eigenvalue weighted by atomic mass is 10.1. The molecule has 8 heteroatoms. The first kappa shape index (κ1) is 19.4. The van der Waals surface area contributed by atoms with Gasteiger partial charge < -0.3 is 10.2 Å². The van der Waals surface area contributed by atoms with Crippen LogP contribution in [-0.2, 0) is 0 Å². The Morgan fingerprint density at radius 1 is 1.07 bits per heavy atom. The Kier molecular flexibility index (Phi) is 5.51. The Morgan fingerprint density at radius 3 is 2.55 bits per heavy atom. The molecule has 0 saturated carbocycles. The fourth-order valence-electron chi connectivity index (χ4n) is 3.33. The molecule has 0 bridgehead atoms. The molecule has 2 aromatic heterocycles. The lowest BCUT2D eigenvalue weighted by Gasteiger charge is -2.16. The number of likely N-dealkylation sites (tertiary alicyclic amines) is 1. The molecule has 4 rings (SSSR count). The Morgan fingerprint density at radius 2 is 1.86 bits per heavy atom. The van der Waals surface area contributed by atoms with Crippen LogP contribution in [0.2, 0.25) is 4.34 Å². The predicted molar refractivity (Wildman–Crippen MR) is 113 cm³/mol. The topological polar surface area (TPSA) is 71.4 Å². The van der Waals surface area contributed by atoms with Crippen LogP contribution in [0, 0.1) is 0 Å². The number of benzene rings is 1. The van der Waals surface area contributed by atoms with Crippen LogP contribution in [0.4, 0.5) is 0 Å². The Labute approximate surface area is 176 Å². The van der Waals surface area contributed by atoms with Gasteiger partial charge in [0.05, 0.1) is 9.21 Å². The molecule has 1 unspecified atom stereocenters. The van der Waals surface area contributed by atoms with Crippen LogP contribution in [0.15, 0.2) is 65.6 Å². The zero-order valence-corrected chi connectivity index (χ0v) is 16.9. The minimum absolute atomic E-state index is 0.0590. The number of carbonyl (C=O) groups is 2. The quantitative estimate of drug-likeness (QED) is 0.695. The van der Waals surface area contributed by atoms with Gasteiger partial charge in [-0.2, -0.15) is 0 Å². The van der Waals surface area contributed by atoms with Crippen LogP contribution in [0.25, 0.3) is 5.69 Å². The van der Waals surface area contributed by atoms with Crippen LogP contribution in [0.3, 0.4) is 0 Å². The highest BCUT2D eigenvalue weighted by molar-refractivity contribution is 7.17. The van der Waals surface area contributed by atoms with Gasteiger partial charge in [-0.15, -0.1) is 11.3 Å². The zero-order chi connectivity index (χ0) is 20.4. The van der Waals surface area contributed by atoms with E-state index < -0.39 is 0 Å². The van der Waals surface area contributed by atoms with Crippen molar-refractivity contribution in [1.29, 1.82) is 0 Å². The molecule has 0 radical (unpaired) electrons. The third kappa shape index (κ3) is 4.26. The number of aromatic nitrogens is 1. The lowest BCUT2D eigenvalue weighted by molar-refractivity contribution is 0.0787. The minimum Gasteiger partial charge on any atom is -0.347 e. The summed E-state index contributed by atoms with van der Waals surface area (Å²) in [6.45, 7) is 1.06. The second kappa shape index (κ2) is 8.23. The maximum atomic E-state index is 12.6. The van der Waals surface area contributed by atoms with E-state index in [0.29, 0.717) is 40.0 Å². The van der Waals surface area contributed by atoms with Gasteiger partial charge in [-0.05, 0) is 48.9 Å². The number of carbonyl (C=O) groups excluding carboxylic acids is 2. The van der Waals surface area contributed by atoms with E-state index in [1.165, 1.54) is 22.0 Å². The van der Waals surface area contributed by atoms with E-state index in [2.05, 4.69) is 5.32 Å². The minimum atomic E-state index is -0.199. The van der Waals surface area contributed by atoms with E-state index in [0.717, 1.165) is 0 Å². The smallest absolute Gasteiger partial charge is 0.264 e. The summed E-state index contributed by atoms with van der Waals surface area (Å²) in [6, 6.07) is 15.1. The van der Waals surface area contributed by atoms with Gasteiger partial charge in [0.25, 0.3) is 17.4 Å². The molecule has 1 aromatic carbocycles. The lowest BCUT2D eigenvalue weighted by Crippen LogP contribution is -2.38. The molecular formula is C21H18ClN3O3S. The Balaban J connectivity index is 1.38. The van der Waals surface area contributed by atoms with Gasteiger partial charge in [-0.25, -0.2) is 0 Å². The van der Waals surface area contributed by atoms with Crippen LogP contribution < -0.4 is 10.9 Å². The summed E-state index contributed by atoms with van der Waals surface area (Å²) in [5.74, 6) is -0.258. The van der Waals surface area contributed by atoms with Crippen molar-refractivity contribution in [3.05, 3.63) is 85.9 Å². The normalized spacial score (nSPS) is 16.0. The molecule has 1 atom stereocenters. The number of halogens is 1. The Bertz CT molecular complexity index is 1110. The maximum absolute atomic E-state index is 12.6. The predicted octanol–water partition coefficient (Wildman–Crippen LogP) is 3.20. The number of nitrogens with zero attached hydrogens (tertiary/aromatic N) is 2. The fourth-order valence-corrected chi connectivity index (χ4v) is 4.34. The molecule has 1 aliphatic rings. The summed E-state index contributed by atoms with van der Waals surface area (Å²) >= 11 is 7.17. The summed E-state index contributed by atoms with van der Waals surface area (Å²) in [5, 5.41) is 2.98. The van der Waals surface area contributed by atoms with Crippen LogP contribution in [-0.4, -0.2) is 40.4 Å². The van der Waals surface area contributed by atoms with Gasteiger partial charge in [0, 0.05) is 42.6 Å². The summed E-state index contributed by atoms with van der Waals surface area (Å²) in [7, 11) is 0. The van der Waals surface area contributed by atoms with Gasteiger partial charge in [0.1, 0.15) is 0 Å². The molecule has 2 amide bonds. The first-order valence-corrected chi connectivity index (χ1v) is 10.3. The van der Waals surface area contributed by atoms with Crippen molar-refractivity contribution >= 4 is 34.8 Å². The fraction of sp³-hybridized carbons (Fsp3) is 0.190. The molecule has 29 heavy (non-hydrogen) atoms. The molecular weight excluding hydrogens is 410 g/mol. The molecule has 3 heterocycles. The summed E-state index contributed by atoms with van der Waals surface area (Å²) in [6.07, 6.45) is 2.39. The van der Waals surface area contributed by atoms with Gasteiger partial charge in [-0.3, -0.25) is 19.0 Å². The van der Waals surface area contributed by atoms with Gasteiger partial charge in [0.2, 0.25) is 0 Å². The van der Waals surface area contributed by atoms with Crippen molar-refractivity contribution in [2.45, 2.75) is 12.5 Å². The van der Waals surface area contributed by atoms with Crippen molar-refractivity contribution in [3.63, 3.8) is 0 Å². The molecule has 1 aliphatic heterocycles. The third-order valence-corrected chi connectivity index (χ3v) is 6.04. The number of amides is 2. The second-order valence-electron chi connectivity index (χ2n) is 6.77. The molecule has 0 spiro atoms. The first-order valence-electron chi connectivity index (χ1n) is 9.15. The molecule has 6 nitrogen and oxygen atoms in total. The molecule has 3 aromatic rings. The summed E-state index contributed by atoms with van der Waals surface area (Å²) in [4.78, 5) is 39.3. The summed E-state index contributed by atoms with van der Waals surface area (Å²) < 4.78 is 2.09.